The van der Waals surface area contributed by atoms with Crippen molar-refractivity contribution in [2.24, 2.45) is 4.99 Å². The maximum atomic E-state index is 12.6. The highest BCUT2D eigenvalue weighted by Gasteiger charge is 2.22. The molecule has 7 heteroatoms. The largest absolute Gasteiger partial charge is 0.368 e. The molecular weight excluding hydrogens is 376 g/mol. The number of hydrogen-bond acceptors (Lipinski definition) is 4. The Balaban J connectivity index is 1.33. The van der Waals surface area contributed by atoms with Crippen molar-refractivity contribution >= 4 is 17.6 Å². The molecule has 0 radical (unpaired) electrons. The first kappa shape index (κ1) is 22.4. The molecular formula is C23H38N6O. The minimum Gasteiger partial charge on any atom is -0.368 e. The van der Waals surface area contributed by atoms with Crippen molar-refractivity contribution in [2.45, 2.75) is 38.6 Å². The number of guanidine groups is 1. The highest BCUT2D eigenvalue weighted by molar-refractivity contribution is 5.81. The number of amides is 1. The third-order valence-corrected chi connectivity index (χ3v) is 6.08. The Bertz CT molecular complexity index is 664. The standard InChI is InChI=1S/C23H38N6O/c1-3-13-27-14-10-20(11-15-27)26-23(24-2)25-12-9-22(30)29-18-16-28(17-19-29)21-7-5-4-6-8-21/h4-8,20H,3,9-19H2,1-2H3,(H2,24,25,26). The van der Waals surface area contributed by atoms with E-state index in [9.17, 15) is 4.79 Å². The lowest BCUT2D eigenvalue weighted by atomic mass is 10.1. The van der Waals surface area contributed by atoms with Crippen LogP contribution >= 0.6 is 0 Å². The lowest BCUT2D eigenvalue weighted by molar-refractivity contribution is -0.131. The van der Waals surface area contributed by atoms with Gasteiger partial charge in [0.1, 0.15) is 0 Å². The quantitative estimate of drug-likeness (QED) is 0.526. The summed E-state index contributed by atoms with van der Waals surface area (Å²) in [6.07, 6.45) is 4.01. The molecule has 0 saturated carbocycles. The second-order valence-electron chi connectivity index (χ2n) is 8.21. The van der Waals surface area contributed by atoms with Crippen LogP contribution in [0.1, 0.15) is 32.6 Å². The fourth-order valence-corrected chi connectivity index (χ4v) is 4.30. The number of piperazine rings is 1. The van der Waals surface area contributed by atoms with E-state index in [0.717, 1.165) is 58.1 Å². The van der Waals surface area contributed by atoms with Crippen molar-refractivity contribution in [3.63, 3.8) is 0 Å². The third-order valence-electron chi connectivity index (χ3n) is 6.08. The van der Waals surface area contributed by atoms with Gasteiger partial charge in [-0.05, 0) is 37.9 Å². The summed E-state index contributed by atoms with van der Waals surface area (Å²) < 4.78 is 0. The lowest BCUT2D eigenvalue weighted by Crippen LogP contribution is -2.50. The van der Waals surface area contributed by atoms with Gasteiger partial charge in [-0.3, -0.25) is 9.79 Å². The average molecular weight is 415 g/mol. The van der Waals surface area contributed by atoms with E-state index in [2.05, 4.69) is 56.6 Å². The van der Waals surface area contributed by atoms with Crippen molar-refractivity contribution in [2.75, 3.05) is 64.3 Å². The molecule has 2 saturated heterocycles. The first-order chi connectivity index (χ1) is 14.7. The van der Waals surface area contributed by atoms with Gasteiger partial charge in [-0.1, -0.05) is 25.1 Å². The zero-order chi connectivity index (χ0) is 21.2. The van der Waals surface area contributed by atoms with Gasteiger partial charge in [0.2, 0.25) is 5.91 Å². The van der Waals surface area contributed by atoms with Crippen LogP contribution in [0.5, 0.6) is 0 Å². The molecule has 3 rings (SSSR count). The first-order valence-electron chi connectivity index (χ1n) is 11.5. The molecule has 7 nitrogen and oxygen atoms in total. The summed E-state index contributed by atoms with van der Waals surface area (Å²) in [5, 5.41) is 6.85. The number of aliphatic imine (C=N–C) groups is 1. The minimum atomic E-state index is 0.221. The molecule has 30 heavy (non-hydrogen) atoms. The number of anilines is 1. The van der Waals surface area contributed by atoms with Gasteiger partial charge in [0.15, 0.2) is 5.96 Å². The van der Waals surface area contributed by atoms with E-state index >= 15 is 0 Å². The summed E-state index contributed by atoms with van der Waals surface area (Å²) in [7, 11) is 1.80. The molecule has 0 aromatic heterocycles. The van der Waals surface area contributed by atoms with Gasteiger partial charge in [-0.15, -0.1) is 0 Å². The molecule has 2 aliphatic heterocycles. The summed E-state index contributed by atoms with van der Waals surface area (Å²) in [6, 6.07) is 10.9. The van der Waals surface area contributed by atoms with Gasteiger partial charge in [0.25, 0.3) is 0 Å². The third kappa shape index (κ3) is 6.62. The van der Waals surface area contributed by atoms with Crippen LogP contribution in [0.25, 0.3) is 0 Å². The Labute approximate surface area is 181 Å². The van der Waals surface area contributed by atoms with Crippen molar-refractivity contribution in [1.82, 2.24) is 20.4 Å². The first-order valence-corrected chi connectivity index (χ1v) is 11.5. The van der Waals surface area contributed by atoms with E-state index in [0.29, 0.717) is 19.0 Å². The van der Waals surface area contributed by atoms with Crippen LogP contribution in [-0.2, 0) is 4.79 Å². The summed E-state index contributed by atoms with van der Waals surface area (Å²) in [4.78, 5) is 23.8. The van der Waals surface area contributed by atoms with Crippen molar-refractivity contribution in [3.8, 4) is 0 Å². The number of piperidine rings is 1. The maximum absolute atomic E-state index is 12.6. The van der Waals surface area contributed by atoms with Crippen molar-refractivity contribution < 1.29 is 4.79 Å². The average Bonchev–Trinajstić information content (AvgIpc) is 2.80. The molecule has 2 aliphatic rings. The maximum Gasteiger partial charge on any atom is 0.224 e. The number of nitrogens with one attached hydrogen (secondary N) is 2. The van der Waals surface area contributed by atoms with E-state index < -0.39 is 0 Å². The van der Waals surface area contributed by atoms with Gasteiger partial charge in [0.05, 0.1) is 0 Å². The number of nitrogens with zero attached hydrogens (tertiary/aromatic N) is 4. The number of hydrogen-bond donors (Lipinski definition) is 2. The zero-order valence-corrected chi connectivity index (χ0v) is 18.6. The van der Waals surface area contributed by atoms with E-state index in [-0.39, 0.29) is 5.91 Å². The number of rotatable bonds is 7. The predicted octanol–water partition coefficient (Wildman–Crippen LogP) is 1.76. The Kier molecular flexibility index (Phi) is 8.81. The summed E-state index contributed by atoms with van der Waals surface area (Å²) in [6.45, 7) is 9.71. The number of para-hydroxylation sites is 1. The van der Waals surface area contributed by atoms with Crippen LogP contribution in [0.15, 0.2) is 35.3 Å². The number of benzene rings is 1. The van der Waals surface area contributed by atoms with Crippen LogP contribution in [0, 0.1) is 0 Å². The van der Waals surface area contributed by atoms with Gasteiger partial charge >= 0.3 is 0 Å². The molecule has 0 bridgehead atoms. The molecule has 2 fully saturated rings. The van der Waals surface area contributed by atoms with Crippen molar-refractivity contribution in [3.05, 3.63) is 30.3 Å². The number of likely N-dealkylation sites (tertiary alicyclic amines) is 1. The Morgan fingerprint density at radius 1 is 1.07 bits per heavy atom. The molecule has 0 spiro atoms. The lowest BCUT2D eigenvalue weighted by Gasteiger charge is -2.36. The fourth-order valence-electron chi connectivity index (χ4n) is 4.30. The SMILES string of the molecule is CCCN1CCC(NC(=NC)NCCC(=O)N2CCN(c3ccccc3)CC2)CC1. The molecule has 0 aliphatic carbocycles. The van der Waals surface area contributed by atoms with Gasteiger partial charge in [-0.2, -0.15) is 0 Å². The van der Waals surface area contributed by atoms with E-state index in [1.54, 1.807) is 7.05 Å². The molecule has 1 amide bonds. The fraction of sp³-hybridized carbons (Fsp3) is 0.652. The Hall–Kier alpha value is -2.28. The van der Waals surface area contributed by atoms with Gasteiger partial charge < -0.3 is 25.3 Å². The highest BCUT2D eigenvalue weighted by Crippen LogP contribution is 2.16. The topological polar surface area (TPSA) is 63.2 Å². The molecule has 1 aromatic carbocycles. The molecule has 1 aromatic rings. The normalized spacial score (nSPS) is 19.1. The van der Waals surface area contributed by atoms with Crippen LogP contribution in [0.4, 0.5) is 5.69 Å². The van der Waals surface area contributed by atoms with Gasteiger partial charge in [0, 0.05) is 71.0 Å². The van der Waals surface area contributed by atoms with E-state index in [1.165, 1.54) is 18.7 Å². The van der Waals surface area contributed by atoms with Crippen LogP contribution < -0.4 is 15.5 Å². The van der Waals surface area contributed by atoms with E-state index in [1.807, 2.05) is 11.0 Å². The van der Waals surface area contributed by atoms with Crippen LogP contribution in [0.2, 0.25) is 0 Å². The number of carbonyl (C=O) groups is 1. The molecule has 0 atom stereocenters. The minimum absolute atomic E-state index is 0.221. The monoisotopic (exact) mass is 414 g/mol. The Morgan fingerprint density at radius 2 is 1.77 bits per heavy atom. The molecule has 0 unspecified atom stereocenters. The second kappa shape index (κ2) is 11.8. The highest BCUT2D eigenvalue weighted by atomic mass is 16.2. The second-order valence-corrected chi connectivity index (χ2v) is 8.21. The van der Waals surface area contributed by atoms with E-state index in [4.69, 9.17) is 0 Å². The van der Waals surface area contributed by atoms with Crippen molar-refractivity contribution in [1.29, 1.82) is 0 Å². The molecule has 2 N–H and O–H groups in total. The number of carbonyl (C=O) groups excluding carboxylic acids is 1. The summed E-state index contributed by atoms with van der Waals surface area (Å²) in [5.41, 5.74) is 1.24. The molecule has 166 valence electrons. The predicted molar refractivity (Wildman–Crippen MR) is 124 cm³/mol. The smallest absolute Gasteiger partial charge is 0.224 e. The summed E-state index contributed by atoms with van der Waals surface area (Å²) in [5.74, 6) is 1.03. The molecule has 2 heterocycles. The van der Waals surface area contributed by atoms with Crippen LogP contribution in [-0.4, -0.2) is 87.1 Å². The van der Waals surface area contributed by atoms with Crippen LogP contribution in [0.3, 0.4) is 0 Å². The zero-order valence-electron chi connectivity index (χ0n) is 18.6. The van der Waals surface area contributed by atoms with Gasteiger partial charge in [-0.25, -0.2) is 0 Å². The summed E-state index contributed by atoms with van der Waals surface area (Å²) >= 11 is 0. The Morgan fingerprint density at radius 3 is 2.40 bits per heavy atom.